The molecule has 1 amide bonds. The second-order valence-electron chi connectivity index (χ2n) is 8.35. The normalized spacial score (nSPS) is 22.9. The first-order valence-electron chi connectivity index (χ1n) is 10.4. The Kier molecular flexibility index (Phi) is 7.14. The molecule has 31 heavy (non-hydrogen) atoms. The van der Waals surface area contributed by atoms with Crippen LogP contribution < -0.4 is 11.1 Å². The van der Waals surface area contributed by atoms with Crippen LogP contribution in [0, 0.1) is 0 Å². The van der Waals surface area contributed by atoms with Crippen molar-refractivity contribution in [3.63, 3.8) is 0 Å². The number of hydrogen-bond acceptors (Lipinski definition) is 5. The smallest absolute Gasteiger partial charge is 0.253 e. The van der Waals surface area contributed by atoms with Crippen molar-refractivity contribution in [2.45, 2.75) is 50.2 Å². The number of nitrogens with zero attached hydrogens (tertiary/aromatic N) is 2. The number of anilines is 1. The van der Waals surface area contributed by atoms with Crippen LogP contribution in [0.25, 0.3) is 22.6 Å². The summed E-state index contributed by atoms with van der Waals surface area (Å²) in [6.45, 7) is 0. The van der Waals surface area contributed by atoms with Gasteiger partial charge in [-0.3, -0.25) is 4.79 Å². The van der Waals surface area contributed by atoms with E-state index in [0.717, 1.165) is 18.4 Å². The van der Waals surface area contributed by atoms with Crippen molar-refractivity contribution in [3.05, 3.63) is 48.0 Å². The van der Waals surface area contributed by atoms with E-state index in [4.69, 9.17) is 10.2 Å². The molecule has 0 saturated carbocycles. The van der Waals surface area contributed by atoms with E-state index in [-0.39, 0.29) is 36.8 Å². The molecule has 5 rings (SSSR count). The molecule has 166 valence electrons. The number of nitrogens with one attached hydrogen (secondary N) is 1. The van der Waals surface area contributed by atoms with Crippen LogP contribution in [0.2, 0.25) is 0 Å². The summed E-state index contributed by atoms with van der Waals surface area (Å²) >= 11 is 0. The highest BCUT2D eigenvalue weighted by atomic mass is 35.5. The fourth-order valence-electron chi connectivity index (χ4n) is 4.92. The van der Waals surface area contributed by atoms with Gasteiger partial charge in [-0.15, -0.1) is 24.8 Å². The molecular formula is C23H28Cl2N4O2. The SMILES string of the molecule is CN1C2CCCC1CC(NC(=O)c1cc(N)cc3oc(-c4ccccc4)nc13)C2.Cl.Cl. The number of amides is 1. The minimum absolute atomic E-state index is 0. The number of piperidine rings is 2. The van der Waals surface area contributed by atoms with Crippen molar-refractivity contribution in [1.29, 1.82) is 0 Å². The molecular weight excluding hydrogens is 435 g/mol. The predicted octanol–water partition coefficient (Wildman–Crippen LogP) is 4.67. The van der Waals surface area contributed by atoms with Crippen molar-refractivity contribution in [3.8, 4) is 11.5 Å². The molecule has 0 radical (unpaired) electrons. The third kappa shape index (κ3) is 4.52. The molecule has 3 N–H and O–H groups in total. The average molecular weight is 463 g/mol. The zero-order chi connectivity index (χ0) is 20.0. The standard InChI is InChI=1S/C23H26N4O2.2ClH/c1-27-17-8-5-9-18(27)13-16(12-17)25-22(28)19-10-15(24)11-20-21(19)26-23(29-20)14-6-3-2-4-7-14;;/h2-4,6-7,10-11,16-18H,5,8-9,12-13,24H2,1H3,(H,25,28);2*1H. The zero-order valence-corrected chi connectivity index (χ0v) is 19.0. The Hall–Kier alpha value is -2.28. The first-order chi connectivity index (χ1) is 14.1. The summed E-state index contributed by atoms with van der Waals surface area (Å²) in [6.07, 6.45) is 5.71. The molecule has 1 aromatic heterocycles. The van der Waals surface area contributed by atoms with Gasteiger partial charge in [0.1, 0.15) is 5.52 Å². The first kappa shape index (κ1) is 23.4. The summed E-state index contributed by atoms with van der Waals surface area (Å²) in [6, 6.07) is 14.4. The molecule has 2 bridgehead atoms. The lowest BCUT2D eigenvalue weighted by Crippen LogP contribution is -2.55. The molecule has 0 spiro atoms. The minimum Gasteiger partial charge on any atom is -0.436 e. The van der Waals surface area contributed by atoms with E-state index in [1.54, 1.807) is 12.1 Å². The number of nitrogen functional groups attached to an aromatic ring is 1. The van der Waals surface area contributed by atoms with E-state index in [0.29, 0.717) is 40.3 Å². The number of aromatic nitrogens is 1. The van der Waals surface area contributed by atoms with Crippen molar-refractivity contribution in [2.75, 3.05) is 12.8 Å². The lowest BCUT2D eigenvalue weighted by atomic mass is 9.82. The van der Waals surface area contributed by atoms with E-state index in [1.165, 1.54) is 19.3 Å². The Balaban J connectivity index is 0.00000136. The van der Waals surface area contributed by atoms with Gasteiger partial charge < -0.3 is 20.4 Å². The second kappa shape index (κ2) is 9.47. The van der Waals surface area contributed by atoms with Crippen LogP contribution in [-0.4, -0.2) is 41.0 Å². The van der Waals surface area contributed by atoms with Gasteiger partial charge in [0.05, 0.1) is 5.56 Å². The van der Waals surface area contributed by atoms with Gasteiger partial charge in [0.15, 0.2) is 5.58 Å². The maximum Gasteiger partial charge on any atom is 0.253 e. The molecule has 2 atom stereocenters. The highest BCUT2D eigenvalue weighted by molar-refractivity contribution is 6.06. The van der Waals surface area contributed by atoms with E-state index in [2.05, 4.69) is 22.2 Å². The maximum absolute atomic E-state index is 13.2. The van der Waals surface area contributed by atoms with Crippen LogP contribution in [0.1, 0.15) is 42.5 Å². The maximum atomic E-state index is 13.2. The topological polar surface area (TPSA) is 84.4 Å². The van der Waals surface area contributed by atoms with Gasteiger partial charge in [0.25, 0.3) is 5.91 Å². The monoisotopic (exact) mass is 462 g/mol. The van der Waals surface area contributed by atoms with Crippen LogP contribution in [0.3, 0.4) is 0 Å². The molecule has 2 aliphatic heterocycles. The van der Waals surface area contributed by atoms with Crippen LogP contribution in [0.5, 0.6) is 0 Å². The van der Waals surface area contributed by atoms with Crippen molar-refractivity contribution in [1.82, 2.24) is 15.2 Å². The minimum atomic E-state index is -0.122. The second-order valence-corrected chi connectivity index (χ2v) is 8.35. The molecule has 2 fully saturated rings. The molecule has 3 aromatic rings. The van der Waals surface area contributed by atoms with Gasteiger partial charge in [-0.05, 0) is 50.9 Å². The van der Waals surface area contributed by atoms with Crippen LogP contribution in [-0.2, 0) is 0 Å². The van der Waals surface area contributed by atoms with Gasteiger partial charge >= 0.3 is 0 Å². The Labute approximate surface area is 194 Å². The largest absolute Gasteiger partial charge is 0.436 e. The number of oxazole rings is 1. The molecule has 8 heteroatoms. The average Bonchev–Trinajstić information content (AvgIpc) is 3.12. The molecule has 2 saturated heterocycles. The Morgan fingerprint density at radius 3 is 2.48 bits per heavy atom. The number of fused-ring (bicyclic) bond motifs is 3. The predicted molar refractivity (Wildman–Crippen MR) is 128 cm³/mol. The van der Waals surface area contributed by atoms with Gasteiger partial charge in [0.2, 0.25) is 5.89 Å². The van der Waals surface area contributed by atoms with Gasteiger partial charge in [-0.1, -0.05) is 24.6 Å². The number of nitrogens with two attached hydrogens (primary N) is 1. The zero-order valence-electron chi connectivity index (χ0n) is 17.4. The molecule has 6 nitrogen and oxygen atoms in total. The summed E-state index contributed by atoms with van der Waals surface area (Å²) in [5, 5.41) is 3.25. The Morgan fingerprint density at radius 2 is 1.81 bits per heavy atom. The van der Waals surface area contributed by atoms with Gasteiger partial charge in [0, 0.05) is 35.4 Å². The molecule has 2 unspecified atom stereocenters. The molecule has 2 aliphatic rings. The van der Waals surface area contributed by atoms with Gasteiger partial charge in [-0.25, -0.2) is 4.98 Å². The number of carbonyl (C=O) groups excluding carboxylic acids is 1. The Morgan fingerprint density at radius 1 is 1.13 bits per heavy atom. The summed E-state index contributed by atoms with van der Waals surface area (Å²) in [5.41, 5.74) is 9.01. The van der Waals surface area contributed by atoms with E-state index in [1.807, 2.05) is 30.3 Å². The first-order valence-corrected chi connectivity index (χ1v) is 10.4. The van der Waals surface area contributed by atoms with E-state index in [9.17, 15) is 4.79 Å². The van der Waals surface area contributed by atoms with Crippen molar-refractivity contribution >= 4 is 47.5 Å². The van der Waals surface area contributed by atoms with Crippen molar-refractivity contribution < 1.29 is 9.21 Å². The van der Waals surface area contributed by atoms with Crippen LogP contribution >= 0.6 is 24.8 Å². The number of benzene rings is 2. The summed E-state index contributed by atoms with van der Waals surface area (Å²) in [7, 11) is 2.22. The molecule has 3 heterocycles. The number of halogens is 2. The number of hydrogen-bond donors (Lipinski definition) is 2. The summed E-state index contributed by atoms with van der Waals surface area (Å²) in [5.74, 6) is 0.372. The number of rotatable bonds is 3. The highest BCUT2D eigenvalue weighted by Crippen LogP contribution is 2.33. The summed E-state index contributed by atoms with van der Waals surface area (Å²) < 4.78 is 5.91. The molecule has 2 aromatic carbocycles. The Bertz CT molecular complexity index is 1040. The number of carbonyl (C=O) groups is 1. The summed E-state index contributed by atoms with van der Waals surface area (Å²) in [4.78, 5) is 20.3. The molecule has 0 aliphatic carbocycles. The van der Waals surface area contributed by atoms with Crippen LogP contribution in [0.4, 0.5) is 5.69 Å². The third-order valence-corrected chi connectivity index (χ3v) is 6.46. The lowest BCUT2D eigenvalue weighted by Gasteiger charge is -2.47. The fraction of sp³-hybridized carbons (Fsp3) is 0.391. The van der Waals surface area contributed by atoms with E-state index >= 15 is 0 Å². The van der Waals surface area contributed by atoms with E-state index < -0.39 is 0 Å². The van der Waals surface area contributed by atoms with Crippen LogP contribution in [0.15, 0.2) is 46.9 Å². The third-order valence-electron chi connectivity index (χ3n) is 6.46. The fourth-order valence-corrected chi connectivity index (χ4v) is 4.92. The highest BCUT2D eigenvalue weighted by Gasteiger charge is 2.36. The quantitative estimate of drug-likeness (QED) is 0.552. The lowest BCUT2D eigenvalue weighted by molar-refractivity contribution is 0.0463. The van der Waals surface area contributed by atoms with Gasteiger partial charge in [-0.2, -0.15) is 0 Å². The van der Waals surface area contributed by atoms with Crippen molar-refractivity contribution in [2.24, 2.45) is 0 Å².